The molecule has 0 radical (unpaired) electrons. The number of nitrogens with one attached hydrogen (secondary N) is 1. The summed E-state index contributed by atoms with van der Waals surface area (Å²) in [5.74, 6) is 1.17. The summed E-state index contributed by atoms with van der Waals surface area (Å²) in [4.78, 5) is 4.23. The van der Waals surface area contributed by atoms with E-state index in [1.807, 2.05) is 17.6 Å². The molecule has 1 aromatic carbocycles. The van der Waals surface area contributed by atoms with E-state index >= 15 is 0 Å². The molecule has 2 aromatic heterocycles. The molecule has 0 aliphatic rings. The standard InChI is InChI=1S/C11H10N4OS/c1-7-14-15-11(16-7)5-12-8-2-3-9-10(4-8)17-6-13-9/h2-4,6,12H,5H2,1H3. The van der Waals surface area contributed by atoms with Crippen molar-refractivity contribution in [1.82, 2.24) is 15.2 Å². The second kappa shape index (κ2) is 4.14. The highest BCUT2D eigenvalue weighted by Crippen LogP contribution is 2.22. The number of fused-ring (bicyclic) bond motifs is 1. The minimum Gasteiger partial charge on any atom is -0.424 e. The van der Waals surface area contributed by atoms with Crippen molar-refractivity contribution < 1.29 is 4.42 Å². The van der Waals surface area contributed by atoms with Crippen molar-refractivity contribution in [2.75, 3.05) is 5.32 Å². The van der Waals surface area contributed by atoms with Crippen LogP contribution in [0.15, 0.2) is 28.1 Å². The number of benzene rings is 1. The van der Waals surface area contributed by atoms with E-state index in [4.69, 9.17) is 4.42 Å². The Labute approximate surface area is 102 Å². The molecule has 17 heavy (non-hydrogen) atoms. The number of anilines is 1. The lowest BCUT2D eigenvalue weighted by molar-refractivity contribution is 0.475. The van der Waals surface area contributed by atoms with Crippen LogP contribution in [0.1, 0.15) is 11.8 Å². The number of hydrogen-bond donors (Lipinski definition) is 1. The molecule has 0 aliphatic heterocycles. The highest BCUT2D eigenvalue weighted by molar-refractivity contribution is 7.16. The monoisotopic (exact) mass is 246 g/mol. The number of hydrogen-bond acceptors (Lipinski definition) is 6. The highest BCUT2D eigenvalue weighted by Gasteiger charge is 2.03. The summed E-state index contributed by atoms with van der Waals surface area (Å²) in [5.41, 5.74) is 3.89. The van der Waals surface area contributed by atoms with Gasteiger partial charge in [0.1, 0.15) is 0 Å². The lowest BCUT2D eigenvalue weighted by Crippen LogP contribution is -1.99. The van der Waals surface area contributed by atoms with E-state index in [0.717, 1.165) is 15.9 Å². The van der Waals surface area contributed by atoms with Gasteiger partial charge >= 0.3 is 0 Å². The quantitative estimate of drug-likeness (QED) is 0.769. The van der Waals surface area contributed by atoms with E-state index in [1.54, 1.807) is 18.3 Å². The Bertz CT molecular complexity index is 646. The maximum absolute atomic E-state index is 5.28. The van der Waals surface area contributed by atoms with Crippen molar-refractivity contribution in [3.8, 4) is 0 Å². The molecule has 0 atom stereocenters. The molecule has 0 spiro atoms. The summed E-state index contributed by atoms with van der Waals surface area (Å²) < 4.78 is 6.45. The SMILES string of the molecule is Cc1nnc(CNc2ccc3ncsc3c2)o1. The fourth-order valence-electron chi connectivity index (χ4n) is 1.55. The van der Waals surface area contributed by atoms with Crippen LogP contribution in [-0.4, -0.2) is 15.2 Å². The number of thiazole rings is 1. The van der Waals surface area contributed by atoms with Crippen molar-refractivity contribution in [2.45, 2.75) is 13.5 Å². The average Bonchev–Trinajstić information content (AvgIpc) is 2.94. The van der Waals surface area contributed by atoms with Crippen LogP contribution in [0.25, 0.3) is 10.2 Å². The third kappa shape index (κ3) is 2.12. The zero-order valence-electron chi connectivity index (χ0n) is 9.17. The first-order valence-electron chi connectivity index (χ1n) is 5.17. The van der Waals surface area contributed by atoms with Gasteiger partial charge in [-0.05, 0) is 18.2 Å². The van der Waals surface area contributed by atoms with Crippen molar-refractivity contribution >= 4 is 27.2 Å². The van der Waals surface area contributed by atoms with Crippen molar-refractivity contribution in [3.63, 3.8) is 0 Å². The van der Waals surface area contributed by atoms with E-state index in [2.05, 4.69) is 26.6 Å². The molecule has 6 heteroatoms. The van der Waals surface area contributed by atoms with E-state index in [9.17, 15) is 0 Å². The molecule has 0 saturated heterocycles. The zero-order chi connectivity index (χ0) is 11.7. The maximum atomic E-state index is 5.28. The Balaban J connectivity index is 1.76. The van der Waals surface area contributed by atoms with Gasteiger partial charge in [-0.25, -0.2) is 4.98 Å². The van der Waals surface area contributed by atoms with Gasteiger partial charge < -0.3 is 9.73 Å². The molecule has 0 saturated carbocycles. The number of aromatic nitrogens is 3. The predicted octanol–water partition coefficient (Wildman–Crippen LogP) is 2.60. The van der Waals surface area contributed by atoms with Gasteiger partial charge in [-0.15, -0.1) is 21.5 Å². The van der Waals surface area contributed by atoms with E-state index in [1.165, 1.54) is 0 Å². The summed E-state index contributed by atoms with van der Waals surface area (Å²) in [5, 5.41) is 10.9. The second-order valence-corrected chi connectivity index (χ2v) is 4.49. The van der Waals surface area contributed by atoms with Gasteiger partial charge in [0.05, 0.1) is 22.3 Å². The lowest BCUT2D eigenvalue weighted by atomic mass is 10.3. The summed E-state index contributed by atoms with van der Waals surface area (Å²) in [7, 11) is 0. The molecule has 0 amide bonds. The Kier molecular flexibility index (Phi) is 2.49. The van der Waals surface area contributed by atoms with E-state index in [0.29, 0.717) is 18.3 Å². The van der Waals surface area contributed by atoms with Crippen LogP contribution in [0.5, 0.6) is 0 Å². The van der Waals surface area contributed by atoms with Crippen LogP contribution in [0, 0.1) is 6.92 Å². The lowest BCUT2D eigenvalue weighted by Gasteiger charge is -2.02. The number of nitrogens with zero attached hydrogens (tertiary/aromatic N) is 3. The number of aryl methyl sites for hydroxylation is 1. The highest BCUT2D eigenvalue weighted by atomic mass is 32.1. The molecule has 1 N–H and O–H groups in total. The molecule has 0 aliphatic carbocycles. The molecule has 3 aromatic rings. The van der Waals surface area contributed by atoms with Gasteiger partial charge in [0, 0.05) is 12.6 Å². The van der Waals surface area contributed by atoms with Gasteiger partial charge in [-0.3, -0.25) is 0 Å². The van der Waals surface area contributed by atoms with Crippen molar-refractivity contribution in [1.29, 1.82) is 0 Å². The van der Waals surface area contributed by atoms with Gasteiger partial charge in [-0.2, -0.15) is 0 Å². The molecule has 0 fully saturated rings. The number of rotatable bonds is 3. The van der Waals surface area contributed by atoms with Crippen molar-refractivity contribution in [2.24, 2.45) is 0 Å². The van der Waals surface area contributed by atoms with Gasteiger partial charge in [0.2, 0.25) is 11.8 Å². The minimum atomic E-state index is 0.533. The largest absolute Gasteiger partial charge is 0.424 e. The first-order chi connectivity index (χ1) is 8.31. The molecular formula is C11H10N4OS. The first-order valence-corrected chi connectivity index (χ1v) is 6.05. The minimum absolute atomic E-state index is 0.533. The van der Waals surface area contributed by atoms with E-state index < -0.39 is 0 Å². The van der Waals surface area contributed by atoms with Gasteiger partial charge in [0.15, 0.2) is 0 Å². The van der Waals surface area contributed by atoms with Crippen LogP contribution in [0.4, 0.5) is 5.69 Å². The van der Waals surface area contributed by atoms with Crippen LogP contribution in [-0.2, 0) is 6.54 Å². The molecule has 86 valence electrons. The van der Waals surface area contributed by atoms with Crippen LogP contribution in [0.2, 0.25) is 0 Å². The summed E-state index contributed by atoms with van der Waals surface area (Å²) in [6, 6.07) is 6.05. The molecule has 2 heterocycles. The average molecular weight is 246 g/mol. The molecular weight excluding hydrogens is 236 g/mol. The van der Waals surface area contributed by atoms with Crippen LogP contribution in [0.3, 0.4) is 0 Å². The fraction of sp³-hybridized carbons (Fsp3) is 0.182. The summed E-state index contributed by atoms with van der Waals surface area (Å²) >= 11 is 1.62. The molecule has 3 rings (SSSR count). The Hall–Kier alpha value is -1.95. The van der Waals surface area contributed by atoms with Gasteiger partial charge in [0.25, 0.3) is 0 Å². The maximum Gasteiger partial charge on any atom is 0.235 e. The molecule has 0 bridgehead atoms. The third-order valence-corrected chi connectivity index (χ3v) is 3.13. The summed E-state index contributed by atoms with van der Waals surface area (Å²) in [6.07, 6.45) is 0. The topological polar surface area (TPSA) is 63.8 Å². The third-order valence-electron chi connectivity index (χ3n) is 2.34. The predicted molar refractivity (Wildman–Crippen MR) is 66.0 cm³/mol. The second-order valence-electron chi connectivity index (χ2n) is 3.60. The summed E-state index contributed by atoms with van der Waals surface area (Å²) in [6.45, 7) is 2.31. The zero-order valence-corrected chi connectivity index (χ0v) is 9.99. The normalized spacial score (nSPS) is 10.9. The van der Waals surface area contributed by atoms with Crippen molar-refractivity contribution in [3.05, 3.63) is 35.5 Å². The van der Waals surface area contributed by atoms with Gasteiger partial charge in [-0.1, -0.05) is 0 Å². The van der Waals surface area contributed by atoms with Crippen LogP contribution >= 0.6 is 11.3 Å². The van der Waals surface area contributed by atoms with Crippen LogP contribution < -0.4 is 5.32 Å². The fourth-order valence-corrected chi connectivity index (χ4v) is 2.27. The molecule has 5 nitrogen and oxygen atoms in total. The molecule has 0 unspecified atom stereocenters. The Morgan fingerprint density at radius 2 is 2.29 bits per heavy atom. The van der Waals surface area contributed by atoms with E-state index in [-0.39, 0.29) is 0 Å². The Morgan fingerprint density at radius 3 is 3.12 bits per heavy atom. The Morgan fingerprint density at radius 1 is 1.35 bits per heavy atom. The smallest absolute Gasteiger partial charge is 0.235 e. The first kappa shape index (κ1) is 10.2.